The average molecular weight is 259 g/mol. The fraction of sp³-hybridized carbons (Fsp3) is 0.529. The van der Waals surface area contributed by atoms with E-state index in [-0.39, 0.29) is 5.41 Å². The summed E-state index contributed by atoms with van der Waals surface area (Å²) in [6.45, 7) is 8.91. The van der Waals surface area contributed by atoms with Gasteiger partial charge in [0.1, 0.15) is 5.76 Å². The largest absolute Gasteiger partial charge is 0.408 e. The second-order valence-corrected chi connectivity index (χ2v) is 6.02. The summed E-state index contributed by atoms with van der Waals surface area (Å²) in [5.74, 6) is 0.954. The van der Waals surface area contributed by atoms with Crippen molar-refractivity contribution in [3.8, 4) is 0 Å². The lowest BCUT2D eigenvalue weighted by molar-refractivity contribution is 0.0463. The molecule has 2 unspecified atom stereocenters. The maximum absolute atomic E-state index is 5.81. The van der Waals surface area contributed by atoms with E-state index in [1.165, 1.54) is 24.0 Å². The molecule has 1 aliphatic heterocycles. The van der Waals surface area contributed by atoms with Crippen LogP contribution in [0.3, 0.4) is 0 Å². The number of nitrogens with one attached hydrogen (secondary N) is 1. The summed E-state index contributed by atoms with van der Waals surface area (Å²) in [6.07, 6.45) is 14.1. The zero-order chi connectivity index (χ0) is 13.9. The Balaban J connectivity index is 2.32. The first-order chi connectivity index (χ1) is 9.05. The van der Waals surface area contributed by atoms with Gasteiger partial charge >= 0.3 is 0 Å². The molecule has 0 amide bonds. The molecule has 1 N–H and O–H groups in total. The molecule has 1 aliphatic carbocycles. The lowest BCUT2D eigenvalue weighted by Crippen LogP contribution is -2.39. The Bertz CT molecular complexity index is 456. The van der Waals surface area contributed by atoms with Crippen LogP contribution in [0.5, 0.6) is 0 Å². The minimum Gasteiger partial charge on any atom is -0.408 e. The predicted octanol–water partition coefficient (Wildman–Crippen LogP) is 4.43. The van der Waals surface area contributed by atoms with Crippen molar-refractivity contribution in [2.24, 2.45) is 5.41 Å². The van der Waals surface area contributed by atoms with E-state index in [0.29, 0.717) is 6.04 Å². The van der Waals surface area contributed by atoms with E-state index in [2.05, 4.69) is 63.6 Å². The molecule has 1 heterocycles. The highest BCUT2D eigenvalue weighted by atomic mass is 16.6. The lowest BCUT2D eigenvalue weighted by atomic mass is 9.74. The molecule has 0 spiro atoms. The van der Waals surface area contributed by atoms with Gasteiger partial charge in [0.25, 0.3) is 0 Å². The van der Waals surface area contributed by atoms with Crippen molar-refractivity contribution in [1.29, 1.82) is 0 Å². The number of hydrogen-bond donors (Lipinski definition) is 1. The third-order valence-corrected chi connectivity index (χ3v) is 4.28. The van der Waals surface area contributed by atoms with E-state index in [1.54, 1.807) is 0 Å². The van der Waals surface area contributed by atoms with Crippen molar-refractivity contribution in [1.82, 2.24) is 5.48 Å². The second-order valence-electron chi connectivity index (χ2n) is 6.02. The van der Waals surface area contributed by atoms with Crippen molar-refractivity contribution in [3.63, 3.8) is 0 Å². The SMILES string of the molecule is CCCC1(C)CC2=C(C=CC(C)=CC=C2)ONC1C. The maximum Gasteiger partial charge on any atom is 0.150 e. The Labute approximate surface area is 116 Å². The van der Waals surface area contributed by atoms with Gasteiger partial charge in [-0.2, -0.15) is 5.48 Å². The lowest BCUT2D eigenvalue weighted by Gasteiger charge is -2.33. The molecular weight excluding hydrogens is 234 g/mol. The standard InChI is InChI=1S/C17H25NO/c1-5-11-17(4)12-15-8-6-7-13(2)9-10-16(15)19-18-14(17)3/h6-10,14,18H,5,11-12H2,1-4H3. The van der Waals surface area contributed by atoms with Crippen LogP contribution in [0.25, 0.3) is 0 Å². The van der Waals surface area contributed by atoms with Crippen LogP contribution in [0.2, 0.25) is 0 Å². The van der Waals surface area contributed by atoms with E-state index < -0.39 is 0 Å². The summed E-state index contributed by atoms with van der Waals surface area (Å²) in [6, 6.07) is 0.344. The normalized spacial score (nSPS) is 30.9. The summed E-state index contributed by atoms with van der Waals surface area (Å²) in [5.41, 5.74) is 5.98. The smallest absolute Gasteiger partial charge is 0.150 e. The van der Waals surface area contributed by atoms with Gasteiger partial charge in [-0.05, 0) is 43.8 Å². The molecule has 0 saturated carbocycles. The van der Waals surface area contributed by atoms with Crippen LogP contribution in [-0.4, -0.2) is 6.04 Å². The zero-order valence-corrected chi connectivity index (χ0v) is 12.5. The van der Waals surface area contributed by atoms with Crippen LogP contribution in [0.1, 0.15) is 47.0 Å². The monoisotopic (exact) mass is 259 g/mol. The summed E-state index contributed by atoms with van der Waals surface area (Å²) in [5, 5.41) is 0. The van der Waals surface area contributed by atoms with Gasteiger partial charge in [-0.15, -0.1) is 0 Å². The molecule has 0 bridgehead atoms. The number of rotatable bonds is 2. The highest BCUT2D eigenvalue weighted by Crippen LogP contribution is 2.38. The van der Waals surface area contributed by atoms with E-state index >= 15 is 0 Å². The fourth-order valence-electron chi connectivity index (χ4n) is 2.77. The molecule has 0 aromatic rings. The van der Waals surface area contributed by atoms with E-state index in [9.17, 15) is 0 Å². The fourth-order valence-corrected chi connectivity index (χ4v) is 2.77. The Hall–Kier alpha value is -1.28. The summed E-state index contributed by atoms with van der Waals surface area (Å²) < 4.78 is 0. The van der Waals surface area contributed by atoms with Crippen LogP contribution in [-0.2, 0) is 4.84 Å². The Morgan fingerprint density at radius 1 is 1.37 bits per heavy atom. The molecule has 104 valence electrons. The molecule has 19 heavy (non-hydrogen) atoms. The maximum atomic E-state index is 5.81. The van der Waals surface area contributed by atoms with E-state index in [1.807, 2.05) is 0 Å². The second kappa shape index (κ2) is 5.79. The third-order valence-electron chi connectivity index (χ3n) is 4.28. The predicted molar refractivity (Wildman–Crippen MR) is 80.4 cm³/mol. The number of hydrogen-bond acceptors (Lipinski definition) is 2. The van der Waals surface area contributed by atoms with Crippen LogP contribution in [0.4, 0.5) is 0 Å². The van der Waals surface area contributed by atoms with Gasteiger partial charge in [0.05, 0.1) is 0 Å². The van der Waals surface area contributed by atoms with Gasteiger partial charge in [0, 0.05) is 6.04 Å². The average Bonchev–Trinajstić information content (AvgIpc) is 2.45. The van der Waals surface area contributed by atoms with Crippen molar-refractivity contribution in [2.45, 2.75) is 53.0 Å². The molecule has 2 heteroatoms. The summed E-state index contributed by atoms with van der Waals surface area (Å²) in [4.78, 5) is 5.81. The van der Waals surface area contributed by atoms with Crippen molar-refractivity contribution in [2.75, 3.05) is 0 Å². The highest BCUT2D eigenvalue weighted by Gasteiger charge is 2.34. The van der Waals surface area contributed by atoms with Crippen molar-refractivity contribution >= 4 is 0 Å². The molecule has 0 radical (unpaired) electrons. The van der Waals surface area contributed by atoms with Crippen molar-refractivity contribution < 1.29 is 4.84 Å². The number of allylic oxidation sites excluding steroid dienone is 7. The van der Waals surface area contributed by atoms with Crippen LogP contribution in [0, 0.1) is 5.41 Å². The molecule has 2 aliphatic rings. The molecule has 2 nitrogen and oxygen atoms in total. The van der Waals surface area contributed by atoms with Crippen LogP contribution >= 0.6 is 0 Å². The number of hydroxylamine groups is 1. The molecule has 0 saturated heterocycles. The summed E-state index contributed by atoms with van der Waals surface area (Å²) in [7, 11) is 0. The minimum atomic E-state index is 0.238. The molecule has 0 aromatic heterocycles. The van der Waals surface area contributed by atoms with E-state index in [0.717, 1.165) is 12.2 Å². The van der Waals surface area contributed by atoms with Crippen molar-refractivity contribution in [3.05, 3.63) is 47.3 Å². The summed E-state index contributed by atoms with van der Waals surface area (Å²) >= 11 is 0. The Kier molecular flexibility index (Phi) is 4.31. The van der Waals surface area contributed by atoms with Crippen LogP contribution < -0.4 is 5.48 Å². The van der Waals surface area contributed by atoms with E-state index in [4.69, 9.17) is 4.84 Å². The quantitative estimate of drug-likeness (QED) is 0.792. The minimum absolute atomic E-state index is 0.238. The van der Waals surface area contributed by atoms with Gasteiger partial charge in [-0.25, -0.2) is 0 Å². The first-order valence-corrected chi connectivity index (χ1v) is 7.24. The Morgan fingerprint density at radius 3 is 2.89 bits per heavy atom. The molecule has 0 fully saturated rings. The van der Waals surface area contributed by atoms with Gasteiger partial charge in [-0.3, -0.25) is 0 Å². The van der Waals surface area contributed by atoms with Gasteiger partial charge in [0.15, 0.2) is 0 Å². The molecule has 0 aromatic carbocycles. The van der Waals surface area contributed by atoms with Gasteiger partial charge in [-0.1, -0.05) is 50.1 Å². The van der Waals surface area contributed by atoms with Crippen LogP contribution in [0.15, 0.2) is 47.3 Å². The molecule has 2 atom stereocenters. The van der Waals surface area contributed by atoms with Gasteiger partial charge in [0.2, 0.25) is 0 Å². The highest BCUT2D eigenvalue weighted by molar-refractivity contribution is 5.39. The molecule has 2 rings (SSSR count). The third kappa shape index (κ3) is 3.19. The Morgan fingerprint density at radius 2 is 2.16 bits per heavy atom. The topological polar surface area (TPSA) is 21.3 Å². The zero-order valence-electron chi connectivity index (χ0n) is 12.5. The van der Waals surface area contributed by atoms with Gasteiger partial charge < -0.3 is 4.84 Å². The first kappa shape index (κ1) is 14.1. The first-order valence-electron chi connectivity index (χ1n) is 7.24. The molecular formula is C17H25NO.